The molecule has 0 atom stereocenters. The van der Waals surface area contributed by atoms with E-state index in [1.54, 1.807) is 0 Å². The van der Waals surface area contributed by atoms with Gasteiger partial charge in [-0.25, -0.2) is 0 Å². The Balaban J connectivity index is 1.56. The number of ether oxygens (including phenoxy) is 2. The van der Waals surface area contributed by atoms with Gasteiger partial charge < -0.3 is 20.1 Å². The lowest BCUT2D eigenvalue weighted by atomic mass is 10.1. The number of nitrogens with one attached hydrogen (secondary N) is 2. The molecule has 2 aromatic carbocycles. The molecular formula is C29H38N2O4. The van der Waals surface area contributed by atoms with Crippen LogP contribution in [0, 0.1) is 0 Å². The van der Waals surface area contributed by atoms with Crippen molar-refractivity contribution in [3.63, 3.8) is 0 Å². The number of carbonyl (C=O) groups is 2. The van der Waals surface area contributed by atoms with Crippen molar-refractivity contribution in [2.45, 2.75) is 58.8 Å². The first-order valence-corrected chi connectivity index (χ1v) is 12.2. The Hall–Kier alpha value is -3.54. The van der Waals surface area contributed by atoms with Crippen LogP contribution >= 0.6 is 0 Å². The molecule has 188 valence electrons. The van der Waals surface area contributed by atoms with Crippen LogP contribution in [-0.4, -0.2) is 25.0 Å². The number of hydrogen-bond donors (Lipinski definition) is 2. The van der Waals surface area contributed by atoms with Crippen LogP contribution in [-0.2, 0) is 9.59 Å². The molecule has 0 heterocycles. The zero-order chi connectivity index (χ0) is 25.5. The third kappa shape index (κ3) is 12.5. The van der Waals surface area contributed by atoms with Crippen LogP contribution in [0.25, 0.3) is 0 Å². The van der Waals surface area contributed by atoms with Gasteiger partial charge in [0.15, 0.2) is 0 Å². The van der Waals surface area contributed by atoms with E-state index >= 15 is 0 Å². The van der Waals surface area contributed by atoms with E-state index in [9.17, 15) is 9.59 Å². The van der Waals surface area contributed by atoms with E-state index in [0.29, 0.717) is 37.6 Å². The smallest absolute Gasteiger partial charge is 0.224 e. The summed E-state index contributed by atoms with van der Waals surface area (Å²) in [5, 5.41) is 5.84. The van der Waals surface area contributed by atoms with Gasteiger partial charge in [0.05, 0.1) is 0 Å². The van der Waals surface area contributed by atoms with Gasteiger partial charge >= 0.3 is 0 Å². The third-order valence-corrected chi connectivity index (χ3v) is 5.01. The Bertz CT molecular complexity index is 920. The fraction of sp³-hybridized carbons (Fsp3) is 0.379. The quantitative estimate of drug-likeness (QED) is 0.203. The summed E-state index contributed by atoms with van der Waals surface area (Å²) in [6.07, 6.45) is 5.50. The molecule has 0 bridgehead atoms. The summed E-state index contributed by atoms with van der Waals surface area (Å²) >= 11 is 0. The molecule has 0 saturated heterocycles. The topological polar surface area (TPSA) is 76.7 Å². The summed E-state index contributed by atoms with van der Waals surface area (Å²) < 4.78 is 11.2. The molecule has 0 aromatic heterocycles. The Morgan fingerprint density at radius 3 is 1.49 bits per heavy atom. The van der Waals surface area contributed by atoms with Crippen LogP contribution in [0.3, 0.4) is 0 Å². The van der Waals surface area contributed by atoms with Crippen LogP contribution in [0.2, 0.25) is 0 Å². The lowest BCUT2D eigenvalue weighted by molar-refractivity contribution is -0.117. The highest BCUT2D eigenvalue weighted by atomic mass is 16.5. The predicted octanol–water partition coefficient (Wildman–Crippen LogP) is 6.90. The van der Waals surface area contributed by atoms with E-state index < -0.39 is 0 Å². The van der Waals surface area contributed by atoms with Crippen LogP contribution in [0.15, 0.2) is 72.8 Å². The van der Waals surface area contributed by atoms with Crippen molar-refractivity contribution in [1.29, 1.82) is 0 Å². The standard InChI is InChI=1S/C29H38N2O4/c1-22(2)20-34-26-14-10-12-24(18-26)30-28(32)16-8-6-5-7-9-17-29(33)31-25-13-11-15-27(19-25)35-21-23(3)4/h10-15,18-19H,1,3,5-9,16-17,20-21H2,2,4H3,(H,30,32)(H,31,33). The fourth-order valence-electron chi connectivity index (χ4n) is 3.29. The second kappa shape index (κ2) is 15.4. The number of hydrogen-bond acceptors (Lipinski definition) is 4. The second-order valence-electron chi connectivity index (χ2n) is 8.91. The predicted molar refractivity (Wildman–Crippen MR) is 143 cm³/mol. The molecule has 0 fully saturated rings. The lowest BCUT2D eigenvalue weighted by Gasteiger charge is -2.09. The molecular weight excluding hydrogens is 440 g/mol. The first-order valence-electron chi connectivity index (χ1n) is 12.2. The van der Waals surface area contributed by atoms with Gasteiger partial charge in [-0.1, -0.05) is 44.6 Å². The molecule has 0 spiro atoms. The lowest BCUT2D eigenvalue weighted by Crippen LogP contribution is -2.11. The SMILES string of the molecule is C=C(C)COc1cccc(NC(=O)CCCCCCCC(=O)Nc2cccc(OCC(=C)C)c2)c1. The highest BCUT2D eigenvalue weighted by Crippen LogP contribution is 2.20. The minimum Gasteiger partial charge on any atom is -0.489 e. The van der Waals surface area contributed by atoms with Crippen molar-refractivity contribution < 1.29 is 19.1 Å². The van der Waals surface area contributed by atoms with Gasteiger partial charge in [0, 0.05) is 36.3 Å². The van der Waals surface area contributed by atoms with E-state index in [1.165, 1.54) is 0 Å². The maximum absolute atomic E-state index is 12.2. The fourth-order valence-corrected chi connectivity index (χ4v) is 3.29. The van der Waals surface area contributed by atoms with Crippen LogP contribution in [0.1, 0.15) is 58.8 Å². The van der Waals surface area contributed by atoms with Crippen molar-refractivity contribution >= 4 is 23.2 Å². The molecule has 0 aliphatic heterocycles. The summed E-state index contributed by atoms with van der Waals surface area (Å²) in [5.74, 6) is 1.41. The molecule has 0 saturated carbocycles. The normalized spacial score (nSPS) is 10.3. The van der Waals surface area contributed by atoms with Crippen LogP contribution < -0.4 is 20.1 Å². The number of unbranched alkanes of at least 4 members (excludes halogenated alkanes) is 4. The van der Waals surface area contributed by atoms with Gasteiger partial charge in [-0.3, -0.25) is 9.59 Å². The summed E-state index contributed by atoms with van der Waals surface area (Å²) in [6.45, 7) is 12.4. The van der Waals surface area contributed by atoms with Crippen molar-refractivity contribution in [2.75, 3.05) is 23.8 Å². The average Bonchev–Trinajstić information content (AvgIpc) is 2.81. The molecule has 0 aliphatic carbocycles. The molecule has 6 heteroatoms. The summed E-state index contributed by atoms with van der Waals surface area (Å²) in [4.78, 5) is 24.4. The van der Waals surface area contributed by atoms with Gasteiger partial charge in [-0.05, 0) is 62.1 Å². The van der Waals surface area contributed by atoms with Crippen molar-refractivity contribution in [3.05, 3.63) is 72.8 Å². The minimum atomic E-state index is -0.00381. The second-order valence-corrected chi connectivity index (χ2v) is 8.91. The largest absolute Gasteiger partial charge is 0.489 e. The number of rotatable bonds is 16. The number of carbonyl (C=O) groups excluding carboxylic acids is 2. The molecule has 0 aliphatic rings. The highest BCUT2D eigenvalue weighted by Gasteiger charge is 2.06. The number of anilines is 2. The van der Waals surface area contributed by atoms with E-state index in [-0.39, 0.29) is 11.8 Å². The Morgan fingerprint density at radius 1 is 0.686 bits per heavy atom. The minimum absolute atomic E-state index is 0.00381. The van der Waals surface area contributed by atoms with Crippen molar-refractivity contribution in [1.82, 2.24) is 0 Å². The molecule has 2 aromatic rings. The maximum atomic E-state index is 12.2. The Morgan fingerprint density at radius 2 is 1.09 bits per heavy atom. The van der Waals surface area contributed by atoms with Gasteiger partial charge in [-0.2, -0.15) is 0 Å². The molecule has 2 N–H and O–H groups in total. The summed E-state index contributed by atoms with van der Waals surface area (Å²) in [6, 6.07) is 14.8. The van der Waals surface area contributed by atoms with E-state index in [4.69, 9.17) is 9.47 Å². The number of benzene rings is 2. The Kier molecular flexibility index (Phi) is 12.2. The van der Waals surface area contributed by atoms with Crippen molar-refractivity contribution in [3.8, 4) is 11.5 Å². The summed E-state index contributed by atoms with van der Waals surface area (Å²) in [5.41, 5.74) is 3.34. The van der Waals surface area contributed by atoms with Gasteiger partial charge in [0.25, 0.3) is 0 Å². The zero-order valence-corrected chi connectivity index (χ0v) is 21.0. The van der Waals surface area contributed by atoms with Crippen LogP contribution in [0.4, 0.5) is 11.4 Å². The number of amides is 2. The van der Waals surface area contributed by atoms with E-state index in [2.05, 4.69) is 23.8 Å². The third-order valence-electron chi connectivity index (χ3n) is 5.01. The molecule has 2 amide bonds. The highest BCUT2D eigenvalue weighted by molar-refractivity contribution is 5.91. The zero-order valence-electron chi connectivity index (χ0n) is 21.0. The monoisotopic (exact) mass is 478 g/mol. The Labute approximate surface area is 209 Å². The maximum Gasteiger partial charge on any atom is 0.224 e. The molecule has 2 rings (SSSR count). The van der Waals surface area contributed by atoms with Crippen LogP contribution in [0.5, 0.6) is 11.5 Å². The molecule has 0 radical (unpaired) electrons. The first kappa shape index (κ1) is 27.7. The summed E-state index contributed by atoms with van der Waals surface area (Å²) in [7, 11) is 0. The van der Waals surface area contributed by atoms with E-state index in [0.717, 1.165) is 54.6 Å². The van der Waals surface area contributed by atoms with Crippen molar-refractivity contribution in [2.24, 2.45) is 0 Å². The first-order chi connectivity index (χ1) is 16.8. The van der Waals surface area contributed by atoms with E-state index in [1.807, 2.05) is 62.4 Å². The molecule has 0 unspecified atom stereocenters. The average molecular weight is 479 g/mol. The molecule has 6 nitrogen and oxygen atoms in total. The molecule has 35 heavy (non-hydrogen) atoms. The van der Waals surface area contributed by atoms with Gasteiger partial charge in [-0.15, -0.1) is 0 Å². The van der Waals surface area contributed by atoms with Gasteiger partial charge in [0.1, 0.15) is 24.7 Å². The van der Waals surface area contributed by atoms with Gasteiger partial charge in [0.2, 0.25) is 11.8 Å².